The Labute approximate surface area is 93.7 Å². The van der Waals surface area contributed by atoms with Crippen LogP contribution >= 0.6 is 0 Å². The van der Waals surface area contributed by atoms with Gasteiger partial charge in [-0.3, -0.25) is 0 Å². The van der Waals surface area contributed by atoms with Crippen molar-refractivity contribution < 1.29 is 9.15 Å². The Morgan fingerprint density at radius 1 is 1.31 bits per heavy atom. The Balaban J connectivity index is 2.31. The van der Waals surface area contributed by atoms with Crippen LogP contribution in [0.1, 0.15) is 19.8 Å². The van der Waals surface area contributed by atoms with Gasteiger partial charge in [0.25, 0.3) is 0 Å². The molecule has 0 N–H and O–H groups in total. The maximum atomic E-state index is 11.5. The first-order valence-corrected chi connectivity index (χ1v) is 5.47. The van der Waals surface area contributed by atoms with Gasteiger partial charge in [0.15, 0.2) is 0 Å². The lowest BCUT2D eigenvalue weighted by Gasteiger charge is -2.04. The van der Waals surface area contributed by atoms with E-state index in [4.69, 9.17) is 9.15 Å². The summed E-state index contributed by atoms with van der Waals surface area (Å²) in [5.74, 6) is 0.298. The Hall–Kier alpha value is -1.77. The Morgan fingerprint density at radius 3 is 2.94 bits per heavy atom. The minimum Gasteiger partial charge on any atom is -0.487 e. The van der Waals surface area contributed by atoms with Crippen molar-refractivity contribution in [1.29, 1.82) is 0 Å². The largest absolute Gasteiger partial charge is 0.487 e. The molecule has 0 radical (unpaired) electrons. The van der Waals surface area contributed by atoms with Crippen molar-refractivity contribution >= 4 is 11.0 Å². The molecule has 0 aliphatic heterocycles. The SMILES string of the molecule is CCCCOc1cc2ccccc2oc1=O. The fraction of sp³-hybridized carbons (Fsp3) is 0.308. The topological polar surface area (TPSA) is 39.4 Å². The molecule has 3 heteroatoms. The monoisotopic (exact) mass is 218 g/mol. The van der Waals surface area contributed by atoms with E-state index in [1.54, 1.807) is 12.1 Å². The molecule has 1 aromatic heterocycles. The summed E-state index contributed by atoms with van der Waals surface area (Å²) in [6.07, 6.45) is 1.98. The third-order valence-corrected chi connectivity index (χ3v) is 2.36. The van der Waals surface area contributed by atoms with E-state index in [1.807, 2.05) is 18.2 Å². The minimum atomic E-state index is -0.408. The maximum Gasteiger partial charge on any atom is 0.379 e. The third-order valence-electron chi connectivity index (χ3n) is 2.36. The summed E-state index contributed by atoms with van der Waals surface area (Å²) in [6, 6.07) is 9.13. The van der Waals surface area contributed by atoms with Gasteiger partial charge in [-0.1, -0.05) is 31.5 Å². The van der Waals surface area contributed by atoms with Gasteiger partial charge in [-0.2, -0.15) is 0 Å². The fourth-order valence-corrected chi connectivity index (χ4v) is 1.47. The summed E-state index contributed by atoms with van der Waals surface area (Å²) in [6.45, 7) is 2.63. The summed E-state index contributed by atoms with van der Waals surface area (Å²) in [5.41, 5.74) is 0.185. The van der Waals surface area contributed by atoms with Crippen LogP contribution in [0, 0.1) is 0 Å². The minimum absolute atomic E-state index is 0.298. The molecule has 0 bridgehead atoms. The first-order chi connectivity index (χ1) is 7.81. The van der Waals surface area contributed by atoms with Gasteiger partial charge in [0.2, 0.25) is 5.75 Å². The quantitative estimate of drug-likeness (QED) is 0.585. The Bertz CT molecular complexity index is 528. The highest BCUT2D eigenvalue weighted by molar-refractivity contribution is 5.77. The zero-order valence-electron chi connectivity index (χ0n) is 9.23. The molecular formula is C13H14O3. The average Bonchev–Trinajstić information content (AvgIpc) is 2.30. The molecule has 0 unspecified atom stereocenters. The average molecular weight is 218 g/mol. The molecule has 0 aliphatic rings. The highest BCUT2D eigenvalue weighted by atomic mass is 16.5. The number of hydrogen-bond donors (Lipinski definition) is 0. The van der Waals surface area contributed by atoms with Crippen LogP contribution in [0.3, 0.4) is 0 Å². The van der Waals surface area contributed by atoms with E-state index < -0.39 is 5.63 Å². The van der Waals surface area contributed by atoms with Gasteiger partial charge in [0.1, 0.15) is 5.58 Å². The first-order valence-electron chi connectivity index (χ1n) is 5.47. The number of para-hydroxylation sites is 1. The predicted octanol–water partition coefficient (Wildman–Crippen LogP) is 2.97. The number of fused-ring (bicyclic) bond motifs is 1. The van der Waals surface area contributed by atoms with Crippen LogP contribution in [0.2, 0.25) is 0 Å². The summed E-state index contributed by atoms with van der Waals surface area (Å²) in [4.78, 5) is 11.5. The van der Waals surface area contributed by atoms with Gasteiger partial charge in [-0.15, -0.1) is 0 Å². The van der Waals surface area contributed by atoms with Gasteiger partial charge >= 0.3 is 5.63 Å². The van der Waals surface area contributed by atoms with Crippen molar-refractivity contribution in [1.82, 2.24) is 0 Å². The van der Waals surface area contributed by atoms with Gasteiger partial charge in [-0.25, -0.2) is 4.79 Å². The highest BCUT2D eigenvalue weighted by Gasteiger charge is 2.05. The van der Waals surface area contributed by atoms with E-state index in [2.05, 4.69) is 6.92 Å². The van der Waals surface area contributed by atoms with Gasteiger partial charge in [0, 0.05) is 5.39 Å². The molecule has 16 heavy (non-hydrogen) atoms. The molecule has 84 valence electrons. The summed E-state index contributed by atoms with van der Waals surface area (Å²) in [7, 11) is 0. The first kappa shape index (κ1) is 10.7. The van der Waals surface area contributed by atoms with E-state index >= 15 is 0 Å². The molecule has 0 amide bonds. The van der Waals surface area contributed by atoms with E-state index in [0.717, 1.165) is 18.2 Å². The number of hydrogen-bond acceptors (Lipinski definition) is 3. The summed E-state index contributed by atoms with van der Waals surface area (Å²) in [5, 5.41) is 0.883. The van der Waals surface area contributed by atoms with Gasteiger partial charge in [0.05, 0.1) is 6.61 Å². The molecule has 1 heterocycles. The van der Waals surface area contributed by atoms with E-state index in [1.165, 1.54) is 0 Å². The molecular weight excluding hydrogens is 204 g/mol. The zero-order valence-corrected chi connectivity index (χ0v) is 9.23. The van der Waals surface area contributed by atoms with E-state index in [9.17, 15) is 4.79 Å². The lowest BCUT2D eigenvalue weighted by atomic mass is 10.2. The lowest BCUT2D eigenvalue weighted by molar-refractivity contribution is 0.295. The van der Waals surface area contributed by atoms with Gasteiger partial charge < -0.3 is 9.15 Å². The molecule has 1 aromatic carbocycles. The molecule has 2 aromatic rings. The lowest BCUT2D eigenvalue weighted by Crippen LogP contribution is -2.07. The fourth-order valence-electron chi connectivity index (χ4n) is 1.47. The number of rotatable bonds is 4. The molecule has 0 fully saturated rings. The normalized spacial score (nSPS) is 10.6. The van der Waals surface area contributed by atoms with Crippen molar-refractivity contribution in [2.45, 2.75) is 19.8 Å². The number of benzene rings is 1. The second-order valence-corrected chi connectivity index (χ2v) is 3.64. The van der Waals surface area contributed by atoms with Gasteiger partial charge in [-0.05, 0) is 18.6 Å². The van der Waals surface area contributed by atoms with Crippen molar-refractivity contribution in [3.05, 3.63) is 40.8 Å². The van der Waals surface area contributed by atoms with Crippen molar-refractivity contribution in [2.24, 2.45) is 0 Å². The third kappa shape index (κ3) is 2.24. The van der Waals surface area contributed by atoms with Crippen LogP contribution in [-0.4, -0.2) is 6.61 Å². The van der Waals surface area contributed by atoms with Crippen LogP contribution in [-0.2, 0) is 0 Å². The predicted molar refractivity (Wildman–Crippen MR) is 62.9 cm³/mol. The molecule has 0 spiro atoms. The molecule has 0 aliphatic carbocycles. The van der Waals surface area contributed by atoms with Crippen LogP contribution in [0.25, 0.3) is 11.0 Å². The molecule has 0 atom stereocenters. The van der Waals surface area contributed by atoms with Crippen molar-refractivity contribution in [3.8, 4) is 5.75 Å². The van der Waals surface area contributed by atoms with Crippen LogP contribution in [0.4, 0.5) is 0 Å². The highest BCUT2D eigenvalue weighted by Crippen LogP contribution is 2.16. The van der Waals surface area contributed by atoms with Crippen LogP contribution in [0.15, 0.2) is 39.5 Å². The maximum absolute atomic E-state index is 11.5. The second kappa shape index (κ2) is 4.84. The van der Waals surface area contributed by atoms with Crippen LogP contribution in [0.5, 0.6) is 5.75 Å². The zero-order chi connectivity index (χ0) is 11.4. The van der Waals surface area contributed by atoms with E-state index in [0.29, 0.717) is 17.9 Å². The van der Waals surface area contributed by atoms with E-state index in [-0.39, 0.29) is 0 Å². The smallest absolute Gasteiger partial charge is 0.379 e. The number of unbranched alkanes of at least 4 members (excludes halogenated alkanes) is 1. The molecule has 2 rings (SSSR count). The molecule has 0 saturated heterocycles. The molecule has 0 saturated carbocycles. The summed E-state index contributed by atoms with van der Waals surface area (Å²) >= 11 is 0. The Kier molecular flexibility index (Phi) is 3.25. The standard InChI is InChI=1S/C13H14O3/c1-2-3-8-15-12-9-10-6-4-5-7-11(10)16-13(12)14/h4-7,9H,2-3,8H2,1H3. The second-order valence-electron chi connectivity index (χ2n) is 3.64. The van der Waals surface area contributed by atoms with Crippen molar-refractivity contribution in [2.75, 3.05) is 6.61 Å². The summed E-state index contributed by atoms with van der Waals surface area (Å²) < 4.78 is 10.5. The number of ether oxygens (including phenoxy) is 1. The van der Waals surface area contributed by atoms with Crippen molar-refractivity contribution in [3.63, 3.8) is 0 Å². The molecule has 3 nitrogen and oxygen atoms in total. The van der Waals surface area contributed by atoms with Crippen LogP contribution < -0.4 is 10.4 Å². The Morgan fingerprint density at radius 2 is 2.12 bits per heavy atom.